The third kappa shape index (κ3) is 2.33. The molecule has 0 N–H and O–H groups in total. The standard InChI is InChI=1S/C25H19NO/c1-14-9-15(2)11-18(10-14)24-20-13-22-21(12-17(20)7-8-26-24)19-6-4-5-16(3)23(19)25(22)27/h4-13H,1-3H3. The highest BCUT2D eigenvalue weighted by atomic mass is 16.1. The van der Waals surface area contributed by atoms with E-state index < -0.39 is 0 Å². The maximum Gasteiger partial charge on any atom is 0.194 e. The molecule has 2 nitrogen and oxygen atoms in total. The summed E-state index contributed by atoms with van der Waals surface area (Å²) in [4.78, 5) is 17.8. The van der Waals surface area contributed by atoms with Crippen LogP contribution in [0.2, 0.25) is 0 Å². The van der Waals surface area contributed by atoms with E-state index in [0.717, 1.165) is 49.8 Å². The molecule has 1 aliphatic carbocycles. The van der Waals surface area contributed by atoms with Crippen LogP contribution in [0.1, 0.15) is 32.6 Å². The maximum absolute atomic E-state index is 13.1. The molecule has 0 amide bonds. The van der Waals surface area contributed by atoms with Gasteiger partial charge in [-0.3, -0.25) is 9.78 Å². The highest BCUT2D eigenvalue weighted by Crippen LogP contribution is 2.41. The van der Waals surface area contributed by atoms with Gasteiger partial charge in [0.25, 0.3) is 0 Å². The summed E-state index contributed by atoms with van der Waals surface area (Å²) in [6, 6.07) is 18.7. The van der Waals surface area contributed by atoms with Crippen LogP contribution in [0.5, 0.6) is 0 Å². The predicted molar refractivity (Wildman–Crippen MR) is 110 cm³/mol. The predicted octanol–water partition coefficient (Wildman–Crippen LogP) is 6.04. The lowest BCUT2D eigenvalue weighted by Crippen LogP contribution is -1.98. The fraction of sp³-hybridized carbons (Fsp3) is 0.120. The van der Waals surface area contributed by atoms with Crippen molar-refractivity contribution in [1.29, 1.82) is 0 Å². The first-order valence-electron chi connectivity index (χ1n) is 9.19. The number of hydrogen-bond acceptors (Lipinski definition) is 2. The Morgan fingerprint density at radius 1 is 0.778 bits per heavy atom. The summed E-state index contributed by atoms with van der Waals surface area (Å²) < 4.78 is 0. The van der Waals surface area contributed by atoms with E-state index in [-0.39, 0.29) is 5.78 Å². The second-order valence-electron chi connectivity index (χ2n) is 7.48. The molecule has 0 fully saturated rings. The minimum atomic E-state index is 0.121. The highest BCUT2D eigenvalue weighted by Gasteiger charge is 2.28. The van der Waals surface area contributed by atoms with E-state index in [1.54, 1.807) is 0 Å². The van der Waals surface area contributed by atoms with Crippen molar-refractivity contribution in [3.63, 3.8) is 0 Å². The van der Waals surface area contributed by atoms with Gasteiger partial charge in [-0.15, -0.1) is 0 Å². The fourth-order valence-electron chi connectivity index (χ4n) is 4.30. The summed E-state index contributed by atoms with van der Waals surface area (Å²) in [7, 11) is 0. The number of aromatic nitrogens is 1. The van der Waals surface area contributed by atoms with Crippen molar-refractivity contribution in [2.75, 3.05) is 0 Å². The number of pyridine rings is 1. The van der Waals surface area contributed by atoms with Crippen LogP contribution in [0.15, 0.2) is 60.8 Å². The van der Waals surface area contributed by atoms with Crippen molar-refractivity contribution in [3.8, 4) is 22.4 Å². The molecule has 5 rings (SSSR count). The Kier molecular flexibility index (Phi) is 3.32. The largest absolute Gasteiger partial charge is 0.289 e. The molecule has 0 saturated carbocycles. The number of aryl methyl sites for hydroxylation is 3. The summed E-state index contributed by atoms with van der Waals surface area (Å²) in [6.07, 6.45) is 1.86. The van der Waals surface area contributed by atoms with Gasteiger partial charge >= 0.3 is 0 Å². The summed E-state index contributed by atoms with van der Waals surface area (Å²) >= 11 is 0. The van der Waals surface area contributed by atoms with Gasteiger partial charge in [0.2, 0.25) is 0 Å². The molecule has 130 valence electrons. The normalized spacial score (nSPS) is 12.3. The van der Waals surface area contributed by atoms with Gasteiger partial charge in [0.1, 0.15) is 0 Å². The Morgan fingerprint density at radius 3 is 2.33 bits per heavy atom. The van der Waals surface area contributed by atoms with Crippen LogP contribution >= 0.6 is 0 Å². The van der Waals surface area contributed by atoms with E-state index >= 15 is 0 Å². The van der Waals surface area contributed by atoms with E-state index in [2.05, 4.69) is 43.1 Å². The molecule has 0 unspecified atom stereocenters. The lowest BCUT2D eigenvalue weighted by Gasteiger charge is -2.10. The Balaban J connectivity index is 1.81. The fourth-order valence-corrected chi connectivity index (χ4v) is 4.30. The molecule has 4 aromatic rings. The zero-order valence-electron chi connectivity index (χ0n) is 15.6. The number of nitrogens with zero attached hydrogens (tertiary/aromatic N) is 1. The second kappa shape index (κ2) is 5.62. The minimum Gasteiger partial charge on any atom is -0.289 e. The van der Waals surface area contributed by atoms with Gasteiger partial charge in [-0.05, 0) is 73.2 Å². The molecule has 1 heterocycles. The van der Waals surface area contributed by atoms with Gasteiger partial charge in [-0.25, -0.2) is 0 Å². The average molecular weight is 349 g/mol. The first-order valence-corrected chi connectivity index (χ1v) is 9.19. The van der Waals surface area contributed by atoms with Gasteiger partial charge in [0.05, 0.1) is 5.69 Å². The number of rotatable bonds is 1. The molecule has 0 atom stereocenters. The second-order valence-corrected chi connectivity index (χ2v) is 7.48. The lowest BCUT2D eigenvalue weighted by atomic mass is 9.96. The van der Waals surface area contributed by atoms with Gasteiger partial charge in [0, 0.05) is 28.3 Å². The van der Waals surface area contributed by atoms with E-state index in [1.165, 1.54) is 11.1 Å². The molecule has 1 aromatic heterocycles. The number of hydrogen-bond donors (Lipinski definition) is 0. The first-order chi connectivity index (χ1) is 13.0. The summed E-state index contributed by atoms with van der Waals surface area (Å²) in [6.45, 7) is 6.20. The number of ketones is 1. The molecular formula is C25H19NO. The molecule has 1 aliphatic rings. The van der Waals surface area contributed by atoms with Crippen molar-refractivity contribution in [1.82, 2.24) is 4.98 Å². The van der Waals surface area contributed by atoms with Crippen molar-refractivity contribution < 1.29 is 4.79 Å². The highest BCUT2D eigenvalue weighted by molar-refractivity contribution is 6.24. The lowest BCUT2D eigenvalue weighted by molar-refractivity contribution is 0.104. The van der Waals surface area contributed by atoms with Crippen molar-refractivity contribution >= 4 is 16.6 Å². The third-order valence-electron chi connectivity index (χ3n) is 5.43. The van der Waals surface area contributed by atoms with Gasteiger partial charge in [-0.2, -0.15) is 0 Å². The topological polar surface area (TPSA) is 30.0 Å². The Hall–Kier alpha value is -3.26. The molecule has 0 radical (unpaired) electrons. The van der Waals surface area contributed by atoms with Gasteiger partial charge in [0.15, 0.2) is 5.78 Å². The van der Waals surface area contributed by atoms with Crippen LogP contribution in [-0.2, 0) is 0 Å². The number of fused-ring (bicyclic) bond motifs is 4. The summed E-state index contributed by atoms with van der Waals surface area (Å²) in [5.74, 6) is 0.121. The van der Waals surface area contributed by atoms with E-state index in [9.17, 15) is 4.79 Å². The van der Waals surface area contributed by atoms with Gasteiger partial charge in [-0.1, -0.05) is 35.4 Å². The first kappa shape index (κ1) is 16.0. The molecule has 0 spiro atoms. The summed E-state index contributed by atoms with van der Waals surface area (Å²) in [5, 5.41) is 2.14. The Bertz CT molecular complexity index is 1250. The maximum atomic E-state index is 13.1. The van der Waals surface area contributed by atoms with Crippen LogP contribution in [0, 0.1) is 20.8 Å². The molecule has 0 bridgehead atoms. The smallest absolute Gasteiger partial charge is 0.194 e. The minimum absolute atomic E-state index is 0.121. The van der Waals surface area contributed by atoms with Crippen molar-refractivity contribution in [3.05, 3.63) is 88.6 Å². The van der Waals surface area contributed by atoms with Crippen LogP contribution in [0.4, 0.5) is 0 Å². The molecule has 0 aliphatic heterocycles. The Morgan fingerprint density at radius 2 is 1.56 bits per heavy atom. The molecule has 0 saturated heterocycles. The zero-order valence-corrected chi connectivity index (χ0v) is 15.6. The molecule has 27 heavy (non-hydrogen) atoms. The quantitative estimate of drug-likeness (QED) is 0.369. The number of carbonyl (C=O) groups is 1. The van der Waals surface area contributed by atoms with Crippen molar-refractivity contribution in [2.24, 2.45) is 0 Å². The average Bonchev–Trinajstić information content (AvgIpc) is 2.92. The van der Waals surface area contributed by atoms with E-state index in [1.807, 2.05) is 43.5 Å². The summed E-state index contributed by atoms with van der Waals surface area (Å²) in [5.41, 5.74) is 9.18. The third-order valence-corrected chi connectivity index (χ3v) is 5.43. The van der Waals surface area contributed by atoms with Crippen molar-refractivity contribution in [2.45, 2.75) is 20.8 Å². The number of carbonyl (C=O) groups excluding carboxylic acids is 1. The number of benzene rings is 3. The SMILES string of the molecule is Cc1cc(C)cc(-c2nccc3cc4c(cc23)C(=O)c2c(C)cccc2-4)c1. The Labute approximate surface area is 158 Å². The monoisotopic (exact) mass is 349 g/mol. The molecular weight excluding hydrogens is 330 g/mol. The zero-order chi connectivity index (χ0) is 18.7. The van der Waals surface area contributed by atoms with Crippen LogP contribution in [-0.4, -0.2) is 10.8 Å². The van der Waals surface area contributed by atoms with E-state index in [0.29, 0.717) is 0 Å². The molecule has 3 aromatic carbocycles. The van der Waals surface area contributed by atoms with E-state index in [4.69, 9.17) is 0 Å². The van der Waals surface area contributed by atoms with Crippen LogP contribution < -0.4 is 0 Å². The van der Waals surface area contributed by atoms with Crippen LogP contribution in [0.3, 0.4) is 0 Å². The van der Waals surface area contributed by atoms with Crippen LogP contribution in [0.25, 0.3) is 33.2 Å². The van der Waals surface area contributed by atoms with Gasteiger partial charge < -0.3 is 0 Å². The molecule has 2 heteroatoms.